The number of aliphatic hydroxyl groups is 2. The van der Waals surface area contributed by atoms with E-state index < -0.39 is 0 Å². The molecule has 0 fully saturated rings. The second-order valence-corrected chi connectivity index (χ2v) is 9.96. The summed E-state index contributed by atoms with van der Waals surface area (Å²) in [5.74, 6) is -0.603. The van der Waals surface area contributed by atoms with Crippen LogP contribution in [0.25, 0.3) is 0 Å². The summed E-state index contributed by atoms with van der Waals surface area (Å²) in [5.41, 5.74) is 0. The molecular weight excluding hydrogens is 380 g/mol. The van der Waals surface area contributed by atoms with Crippen LogP contribution in [0.1, 0.15) is 27.7 Å². The van der Waals surface area contributed by atoms with Gasteiger partial charge in [0.1, 0.15) is 14.7 Å². The molecule has 0 bridgehead atoms. The number of ketones is 2. The average Bonchev–Trinajstić information content (AvgIpc) is 2.71. The number of aliphatic hydroxyl groups excluding tert-OH is 2. The number of hydrogen-bond acceptors (Lipinski definition) is 9. The lowest BCUT2D eigenvalue weighted by molar-refractivity contribution is -0.114. The highest BCUT2D eigenvalue weighted by atomic mass is 32.2. The summed E-state index contributed by atoms with van der Waals surface area (Å²) in [5, 5.41) is 19.2. The van der Waals surface area contributed by atoms with E-state index in [1.807, 2.05) is 0 Å². The van der Waals surface area contributed by atoms with Gasteiger partial charge in [-0.2, -0.15) is 0 Å². The van der Waals surface area contributed by atoms with Gasteiger partial charge in [0.15, 0.2) is 11.6 Å². The van der Waals surface area contributed by atoms with Crippen LogP contribution in [-0.4, -0.2) is 21.8 Å². The molecule has 0 aromatic carbocycles. The minimum absolute atomic E-state index is 0.0570. The summed E-state index contributed by atoms with van der Waals surface area (Å²) in [6, 6.07) is 0. The van der Waals surface area contributed by atoms with Crippen LogP contribution in [0.2, 0.25) is 0 Å². The lowest BCUT2D eigenvalue weighted by Gasteiger charge is -2.07. The third kappa shape index (κ3) is 5.24. The van der Waals surface area contributed by atoms with Gasteiger partial charge < -0.3 is 10.2 Å². The maximum atomic E-state index is 11.6. The lowest BCUT2D eigenvalue weighted by Crippen LogP contribution is -1.97. The van der Waals surface area contributed by atoms with Crippen LogP contribution in [0.4, 0.5) is 0 Å². The first-order valence-corrected chi connectivity index (χ1v) is 9.62. The molecule has 2 N–H and O–H groups in total. The van der Waals surface area contributed by atoms with E-state index in [2.05, 4.69) is 0 Å². The van der Waals surface area contributed by atoms with Crippen molar-refractivity contribution >= 4 is 70.0 Å². The SMILES string of the molecule is CC(=O)/C(Sc1sc(=S)sc1S/C(C(C)=O)=C(\C)O)=C(/C)O. The Labute approximate surface area is 150 Å². The van der Waals surface area contributed by atoms with E-state index in [4.69, 9.17) is 12.2 Å². The van der Waals surface area contributed by atoms with E-state index in [1.54, 1.807) is 0 Å². The first kappa shape index (κ1) is 19.4. The van der Waals surface area contributed by atoms with E-state index in [0.717, 1.165) is 31.9 Å². The molecule has 0 aliphatic carbocycles. The van der Waals surface area contributed by atoms with Gasteiger partial charge in [0.25, 0.3) is 0 Å². The predicted octanol–water partition coefficient (Wildman–Crippen LogP) is 5.48. The fourth-order valence-electron chi connectivity index (χ4n) is 1.37. The van der Waals surface area contributed by atoms with E-state index in [1.165, 1.54) is 50.4 Å². The molecule has 9 heteroatoms. The first-order valence-electron chi connectivity index (χ1n) is 5.94. The Morgan fingerprint density at radius 3 is 1.41 bits per heavy atom. The van der Waals surface area contributed by atoms with Gasteiger partial charge in [-0.3, -0.25) is 9.59 Å². The van der Waals surface area contributed by atoms with Gasteiger partial charge in [-0.1, -0.05) is 35.7 Å². The van der Waals surface area contributed by atoms with Crippen molar-refractivity contribution in [1.82, 2.24) is 0 Å². The zero-order valence-corrected chi connectivity index (χ0v) is 16.3. The average molecular weight is 395 g/mol. The van der Waals surface area contributed by atoms with Crippen LogP contribution in [-0.2, 0) is 9.59 Å². The second kappa shape index (κ2) is 8.30. The molecule has 0 unspecified atom stereocenters. The zero-order valence-electron chi connectivity index (χ0n) is 12.3. The summed E-state index contributed by atoms with van der Waals surface area (Å²) >= 11 is 10.0. The van der Waals surface area contributed by atoms with Crippen LogP contribution >= 0.6 is 58.4 Å². The zero-order chi connectivity index (χ0) is 17.0. The number of hydrogen-bond donors (Lipinski definition) is 2. The topological polar surface area (TPSA) is 74.6 Å². The summed E-state index contributed by atoms with van der Waals surface area (Å²) in [4.78, 5) is 23.6. The standard InChI is InChI=1S/C13H14O4S5/c1-5(14)9(6(2)15)19-11-12(22-13(18)21-11)20-10(7(3)16)8(4)17/h14,16H,1-4H3/b9-5+,10-7+. The molecule has 0 saturated carbocycles. The van der Waals surface area contributed by atoms with Crippen LogP contribution < -0.4 is 0 Å². The molecule has 0 spiro atoms. The maximum absolute atomic E-state index is 11.6. The van der Waals surface area contributed by atoms with Crippen molar-refractivity contribution in [1.29, 1.82) is 0 Å². The Morgan fingerprint density at radius 2 is 1.18 bits per heavy atom. The molecule has 0 aliphatic rings. The number of rotatable bonds is 6. The Morgan fingerprint density at radius 1 is 0.864 bits per heavy atom. The van der Waals surface area contributed by atoms with Gasteiger partial charge in [-0.15, -0.1) is 22.7 Å². The highest BCUT2D eigenvalue weighted by Crippen LogP contribution is 2.46. The van der Waals surface area contributed by atoms with Crippen LogP contribution in [0, 0.1) is 3.14 Å². The second-order valence-electron chi connectivity index (χ2n) is 4.17. The van der Waals surface area contributed by atoms with Crippen molar-refractivity contribution < 1.29 is 19.8 Å². The van der Waals surface area contributed by atoms with Gasteiger partial charge in [0.2, 0.25) is 0 Å². The lowest BCUT2D eigenvalue weighted by atomic mass is 10.4. The number of thioether (sulfide) groups is 2. The van der Waals surface area contributed by atoms with Crippen molar-refractivity contribution in [3.05, 3.63) is 24.5 Å². The Kier molecular flexibility index (Phi) is 7.33. The molecule has 4 nitrogen and oxygen atoms in total. The van der Waals surface area contributed by atoms with Crippen molar-refractivity contribution in [2.75, 3.05) is 0 Å². The van der Waals surface area contributed by atoms with Crippen LogP contribution in [0.5, 0.6) is 0 Å². The van der Waals surface area contributed by atoms with Gasteiger partial charge in [-0.05, 0) is 27.7 Å². The van der Waals surface area contributed by atoms with Crippen LogP contribution in [0.3, 0.4) is 0 Å². The number of allylic oxidation sites excluding steroid dienone is 4. The third-order valence-electron chi connectivity index (χ3n) is 2.20. The smallest absolute Gasteiger partial charge is 0.169 e. The minimum atomic E-state index is -0.244. The van der Waals surface area contributed by atoms with E-state index >= 15 is 0 Å². The normalized spacial score (nSPS) is 13.5. The van der Waals surface area contributed by atoms with Crippen molar-refractivity contribution in [2.45, 2.75) is 36.1 Å². The Balaban J connectivity index is 3.24. The van der Waals surface area contributed by atoms with Gasteiger partial charge >= 0.3 is 0 Å². The molecule has 0 amide bonds. The maximum Gasteiger partial charge on any atom is 0.169 e. The molecular formula is C13H14O4S5. The van der Waals surface area contributed by atoms with Gasteiger partial charge in [0.05, 0.1) is 18.2 Å². The first-order chi connectivity index (χ1) is 10.1. The summed E-state index contributed by atoms with van der Waals surface area (Å²) in [7, 11) is 0. The van der Waals surface area contributed by atoms with E-state index in [9.17, 15) is 19.8 Å². The van der Waals surface area contributed by atoms with Crippen molar-refractivity contribution in [3.8, 4) is 0 Å². The number of carbonyl (C=O) groups is 2. The summed E-state index contributed by atoms with van der Waals surface area (Å²) in [6.07, 6.45) is 0. The molecule has 120 valence electrons. The van der Waals surface area contributed by atoms with Crippen molar-refractivity contribution in [3.63, 3.8) is 0 Å². The highest BCUT2D eigenvalue weighted by molar-refractivity contribution is 8.09. The molecule has 22 heavy (non-hydrogen) atoms. The largest absolute Gasteiger partial charge is 0.511 e. The van der Waals surface area contributed by atoms with E-state index in [0.29, 0.717) is 3.14 Å². The third-order valence-corrected chi connectivity index (χ3v) is 8.19. The molecule has 0 radical (unpaired) electrons. The highest BCUT2D eigenvalue weighted by Gasteiger charge is 2.19. The molecule has 0 saturated heterocycles. The molecule has 1 aromatic rings. The monoisotopic (exact) mass is 394 g/mol. The molecule has 1 aromatic heterocycles. The summed E-state index contributed by atoms with van der Waals surface area (Å²) < 4.78 is 2.08. The number of carbonyl (C=O) groups excluding carboxylic acids is 2. The Bertz CT molecular complexity index is 657. The minimum Gasteiger partial charge on any atom is -0.511 e. The molecule has 1 heterocycles. The molecule has 1 rings (SSSR count). The Hall–Kier alpha value is -0.610. The molecule has 0 aliphatic heterocycles. The quantitative estimate of drug-likeness (QED) is 0.286. The predicted molar refractivity (Wildman–Crippen MR) is 96.8 cm³/mol. The van der Waals surface area contributed by atoms with Gasteiger partial charge in [-0.25, -0.2) is 0 Å². The summed E-state index contributed by atoms with van der Waals surface area (Å²) in [6.45, 7) is 5.64. The fraction of sp³-hybridized carbons (Fsp3) is 0.308. The van der Waals surface area contributed by atoms with Crippen LogP contribution in [0.15, 0.2) is 29.7 Å². The number of Topliss-reactive ketones (excluding diaryl/α,β-unsaturated/α-hetero) is 2. The van der Waals surface area contributed by atoms with E-state index in [-0.39, 0.29) is 32.9 Å². The van der Waals surface area contributed by atoms with Crippen molar-refractivity contribution in [2.24, 2.45) is 0 Å². The molecule has 0 atom stereocenters. The fourth-order valence-corrected chi connectivity index (χ4v) is 7.09. The van der Waals surface area contributed by atoms with Gasteiger partial charge in [0, 0.05) is 0 Å².